The van der Waals surface area contributed by atoms with Crippen LogP contribution in [0.4, 0.5) is 0 Å². The summed E-state index contributed by atoms with van der Waals surface area (Å²) in [6.45, 7) is 0. The van der Waals surface area contributed by atoms with E-state index >= 15 is 0 Å². The van der Waals surface area contributed by atoms with Crippen LogP contribution in [0.1, 0.15) is 12.8 Å². The summed E-state index contributed by atoms with van der Waals surface area (Å²) in [5.74, 6) is 1.57. The second-order valence-corrected chi connectivity index (χ2v) is 6.15. The molecular formula is C12H11ClN2O2S. The molecule has 1 fully saturated rings. The lowest BCUT2D eigenvalue weighted by atomic mass is 10.2. The molecule has 1 aromatic heterocycles. The summed E-state index contributed by atoms with van der Waals surface area (Å²) >= 11 is 5.80. The van der Waals surface area contributed by atoms with E-state index in [0.717, 1.165) is 18.4 Å². The molecule has 0 saturated heterocycles. The van der Waals surface area contributed by atoms with E-state index in [0.29, 0.717) is 22.6 Å². The average Bonchev–Trinajstić information content (AvgIpc) is 3.04. The van der Waals surface area contributed by atoms with Gasteiger partial charge in [0.15, 0.2) is 0 Å². The molecule has 18 heavy (non-hydrogen) atoms. The van der Waals surface area contributed by atoms with Gasteiger partial charge >= 0.3 is 5.22 Å². The first-order valence-corrected chi connectivity index (χ1v) is 7.40. The van der Waals surface area contributed by atoms with Gasteiger partial charge in [-0.05, 0) is 43.0 Å². The van der Waals surface area contributed by atoms with Crippen molar-refractivity contribution < 1.29 is 8.63 Å². The van der Waals surface area contributed by atoms with Crippen LogP contribution in [-0.2, 0) is 10.8 Å². The van der Waals surface area contributed by atoms with E-state index < -0.39 is 10.8 Å². The third-order valence-electron chi connectivity index (χ3n) is 2.78. The number of hydrogen-bond donors (Lipinski definition) is 0. The van der Waals surface area contributed by atoms with Gasteiger partial charge in [0.05, 0.1) is 0 Å². The molecule has 0 aliphatic heterocycles. The Kier molecular flexibility index (Phi) is 3.18. The number of nitrogens with zero attached hydrogens (tertiary/aromatic N) is 2. The summed E-state index contributed by atoms with van der Waals surface area (Å²) < 4.78 is 17.3. The Hall–Kier alpha value is -1.20. The van der Waals surface area contributed by atoms with Crippen molar-refractivity contribution in [1.29, 1.82) is 0 Å². The molecule has 2 aromatic rings. The van der Waals surface area contributed by atoms with Crippen LogP contribution in [0.15, 0.2) is 33.9 Å². The van der Waals surface area contributed by atoms with E-state index in [9.17, 15) is 4.21 Å². The summed E-state index contributed by atoms with van der Waals surface area (Å²) in [7, 11) is -1.17. The highest BCUT2D eigenvalue weighted by molar-refractivity contribution is 7.84. The average molecular weight is 283 g/mol. The molecule has 0 bridgehead atoms. The van der Waals surface area contributed by atoms with Crippen LogP contribution < -0.4 is 0 Å². The van der Waals surface area contributed by atoms with Crippen molar-refractivity contribution in [2.75, 3.05) is 5.75 Å². The number of rotatable bonds is 4. The van der Waals surface area contributed by atoms with Crippen LogP contribution >= 0.6 is 11.6 Å². The fourth-order valence-corrected chi connectivity index (χ4v) is 2.91. The lowest BCUT2D eigenvalue weighted by Crippen LogP contribution is -1.99. The molecule has 4 nitrogen and oxygen atoms in total. The topological polar surface area (TPSA) is 56.0 Å². The largest absolute Gasteiger partial charge is 0.410 e. The molecule has 1 heterocycles. The zero-order valence-electron chi connectivity index (χ0n) is 9.51. The van der Waals surface area contributed by atoms with Crippen molar-refractivity contribution >= 4 is 22.4 Å². The molecule has 1 atom stereocenters. The van der Waals surface area contributed by atoms with Gasteiger partial charge in [-0.2, -0.15) is 0 Å². The van der Waals surface area contributed by atoms with E-state index in [1.807, 2.05) is 0 Å². The van der Waals surface area contributed by atoms with Crippen LogP contribution in [0.25, 0.3) is 11.5 Å². The SMILES string of the molecule is O=S(CC1CC1)c1nnc(-c2ccc(Cl)cc2)o1. The van der Waals surface area contributed by atoms with Gasteiger partial charge < -0.3 is 4.42 Å². The minimum absolute atomic E-state index is 0.215. The molecule has 1 unspecified atom stereocenters. The van der Waals surface area contributed by atoms with Gasteiger partial charge in [-0.15, -0.1) is 5.10 Å². The smallest absolute Gasteiger partial charge is 0.307 e. The molecule has 1 aliphatic carbocycles. The molecule has 0 spiro atoms. The summed E-state index contributed by atoms with van der Waals surface area (Å²) in [6.07, 6.45) is 2.31. The van der Waals surface area contributed by atoms with Crippen molar-refractivity contribution in [3.63, 3.8) is 0 Å². The quantitative estimate of drug-likeness (QED) is 0.865. The Morgan fingerprint density at radius 3 is 2.67 bits per heavy atom. The minimum Gasteiger partial charge on any atom is -0.410 e. The number of benzene rings is 1. The highest BCUT2D eigenvalue weighted by Crippen LogP contribution is 2.31. The van der Waals surface area contributed by atoms with Crippen LogP contribution in [0, 0.1) is 5.92 Å². The number of aromatic nitrogens is 2. The van der Waals surface area contributed by atoms with Crippen LogP contribution in [-0.4, -0.2) is 20.2 Å². The Labute approximate surface area is 112 Å². The molecule has 0 radical (unpaired) electrons. The minimum atomic E-state index is -1.17. The Morgan fingerprint density at radius 2 is 2.00 bits per heavy atom. The van der Waals surface area contributed by atoms with Crippen molar-refractivity contribution in [2.24, 2.45) is 5.92 Å². The molecule has 1 saturated carbocycles. The Morgan fingerprint density at radius 1 is 1.28 bits per heavy atom. The van der Waals surface area contributed by atoms with E-state index in [-0.39, 0.29) is 5.22 Å². The van der Waals surface area contributed by atoms with Gasteiger partial charge in [0.2, 0.25) is 5.89 Å². The van der Waals surface area contributed by atoms with Crippen molar-refractivity contribution in [3.05, 3.63) is 29.3 Å². The first kappa shape index (κ1) is 11.9. The lowest BCUT2D eigenvalue weighted by molar-refractivity contribution is 0.455. The fraction of sp³-hybridized carbons (Fsp3) is 0.333. The second-order valence-electron chi connectivity index (χ2n) is 4.34. The zero-order valence-corrected chi connectivity index (χ0v) is 11.1. The van der Waals surface area contributed by atoms with Crippen LogP contribution in [0.3, 0.4) is 0 Å². The third-order valence-corrected chi connectivity index (χ3v) is 4.36. The molecule has 0 amide bonds. The fourth-order valence-electron chi connectivity index (χ4n) is 1.58. The van der Waals surface area contributed by atoms with Gasteiger partial charge in [0.1, 0.15) is 10.8 Å². The maximum atomic E-state index is 11.9. The predicted octanol–water partition coefficient (Wildman–Crippen LogP) is 2.91. The maximum Gasteiger partial charge on any atom is 0.307 e. The summed E-state index contributed by atoms with van der Waals surface area (Å²) in [5.41, 5.74) is 0.779. The molecule has 6 heteroatoms. The summed E-state index contributed by atoms with van der Waals surface area (Å²) in [5, 5.41) is 8.62. The number of halogens is 1. The third kappa shape index (κ3) is 2.62. The molecular weight excluding hydrogens is 272 g/mol. The molecule has 1 aromatic carbocycles. The van der Waals surface area contributed by atoms with Crippen molar-refractivity contribution in [1.82, 2.24) is 10.2 Å². The standard InChI is InChI=1S/C12H11ClN2O2S/c13-10-5-3-9(4-6-10)11-14-15-12(17-11)18(16)7-8-1-2-8/h3-6,8H,1-2,7H2. The molecule has 1 aliphatic rings. The van der Waals surface area contributed by atoms with Gasteiger partial charge in [-0.25, -0.2) is 4.21 Å². The van der Waals surface area contributed by atoms with E-state index in [1.54, 1.807) is 24.3 Å². The summed E-state index contributed by atoms with van der Waals surface area (Å²) in [6, 6.07) is 7.09. The lowest BCUT2D eigenvalue weighted by Gasteiger charge is -1.95. The number of hydrogen-bond acceptors (Lipinski definition) is 4. The van der Waals surface area contributed by atoms with Crippen LogP contribution in [0.5, 0.6) is 0 Å². The Bertz CT molecular complexity index is 578. The monoisotopic (exact) mass is 282 g/mol. The first-order valence-electron chi connectivity index (χ1n) is 5.70. The van der Waals surface area contributed by atoms with E-state index in [1.165, 1.54) is 0 Å². The molecule has 0 N–H and O–H groups in total. The van der Waals surface area contributed by atoms with Gasteiger partial charge in [-0.3, -0.25) is 0 Å². The van der Waals surface area contributed by atoms with Crippen molar-refractivity contribution in [2.45, 2.75) is 18.1 Å². The zero-order chi connectivity index (χ0) is 12.5. The second kappa shape index (κ2) is 4.82. The predicted molar refractivity (Wildman–Crippen MR) is 68.7 cm³/mol. The maximum absolute atomic E-state index is 11.9. The highest BCUT2D eigenvalue weighted by atomic mass is 35.5. The first-order chi connectivity index (χ1) is 8.72. The van der Waals surface area contributed by atoms with Gasteiger partial charge in [0.25, 0.3) is 0 Å². The normalized spacial score (nSPS) is 16.7. The van der Waals surface area contributed by atoms with Crippen LogP contribution in [0.2, 0.25) is 5.02 Å². The molecule has 3 rings (SSSR count). The summed E-state index contributed by atoms with van der Waals surface area (Å²) in [4.78, 5) is 0. The Balaban J connectivity index is 1.79. The van der Waals surface area contributed by atoms with Crippen molar-refractivity contribution in [3.8, 4) is 11.5 Å². The van der Waals surface area contributed by atoms with E-state index in [4.69, 9.17) is 16.0 Å². The highest BCUT2D eigenvalue weighted by Gasteiger charge is 2.26. The van der Waals surface area contributed by atoms with Gasteiger partial charge in [0, 0.05) is 16.3 Å². The van der Waals surface area contributed by atoms with Gasteiger partial charge in [-0.1, -0.05) is 16.7 Å². The molecule has 94 valence electrons. The van der Waals surface area contributed by atoms with E-state index in [2.05, 4.69) is 10.2 Å².